The number of hydrogen-bond acceptors (Lipinski definition) is 5. The van der Waals surface area contributed by atoms with Gasteiger partial charge in [0.2, 0.25) is 5.91 Å². The number of fused-ring (bicyclic) bond motifs is 3. The number of nitrogens with two attached hydrogens (primary N) is 1. The number of aromatic nitrogens is 5. The fourth-order valence-electron chi connectivity index (χ4n) is 3.62. The Bertz CT molecular complexity index is 1160. The second kappa shape index (κ2) is 6.95. The molecule has 0 atom stereocenters. The van der Waals surface area contributed by atoms with Gasteiger partial charge >= 0.3 is 0 Å². The van der Waals surface area contributed by atoms with E-state index in [0.29, 0.717) is 24.4 Å². The normalized spacial score (nSPS) is 11.4. The van der Waals surface area contributed by atoms with Crippen molar-refractivity contribution in [3.63, 3.8) is 0 Å². The quantitative estimate of drug-likeness (QED) is 0.556. The van der Waals surface area contributed by atoms with Crippen molar-refractivity contribution < 1.29 is 4.79 Å². The molecule has 1 amide bonds. The maximum Gasteiger partial charge on any atom is 0.219 e. The molecule has 3 aromatic heterocycles. The molecule has 0 fully saturated rings. The summed E-state index contributed by atoms with van der Waals surface area (Å²) in [6.45, 7) is 7.40. The van der Waals surface area contributed by atoms with Crippen molar-refractivity contribution in [1.29, 1.82) is 0 Å². The molecule has 3 heterocycles. The lowest BCUT2D eigenvalue weighted by atomic mass is 10.1. The fraction of sp³-hybridized carbons (Fsp3) is 0.300. The zero-order valence-corrected chi connectivity index (χ0v) is 16.2. The van der Waals surface area contributed by atoms with Crippen LogP contribution in [-0.2, 0) is 17.9 Å². The Morgan fingerprint density at radius 3 is 2.71 bits per heavy atom. The van der Waals surface area contributed by atoms with Crippen LogP contribution in [0, 0.1) is 0 Å². The van der Waals surface area contributed by atoms with Crippen molar-refractivity contribution >= 4 is 33.7 Å². The largest absolute Gasteiger partial charge is 0.382 e. The number of amides is 1. The highest BCUT2D eigenvalue weighted by atomic mass is 16.2. The number of H-pyrrole nitrogens is 1. The first-order valence-corrected chi connectivity index (χ1v) is 9.37. The molecule has 3 N–H and O–H groups in total. The Kier molecular flexibility index (Phi) is 4.46. The van der Waals surface area contributed by atoms with Crippen LogP contribution < -0.4 is 5.73 Å². The number of anilines is 1. The average molecular weight is 377 g/mol. The van der Waals surface area contributed by atoms with Gasteiger partial charge < -0.3 is 15.2 Å². The number of carbonyl (C=O) groups is 1. The molecular weight excluding hydrogens is 354 g/mol. The summed E-state index contributed by atoms with van der Waals surface area (Å²) in [5, 5.41) is 7.97. The Morgan fingerprint density at radius 2 is 2.07 bits per heavy atom. The summed E-state index contributed by atoms with van der Waals surface area (Å²) in [5.74, 6) is 1.23. The molecule has 0 aliphatic heterocycles. The standard InChI is InChI=1S/C20H23N7O/c1-4-26(12(3)28)11-17-24-18-19(27(17)5-2)14-7-6-13(15-8-9-22-25-15)10-16(14)23-20(18)21/h6-10H,4-5,11H2,1-3H3,(H2,21,23)(H,22,25). The fourth-order valence-corrected chi connectivity index (χ4v) is 3.62. The molecule has 0 aliphatic rings. The van der Waals surface area contributed by atoms with E-state index in [2.05, 4.69) is 26.7 Å². The van der Waals surface area contributed by atoms with E-state index in [4.69, 9.17) is 10.7 Å². The summed E-state index contributed by atoms with van der Waals surface area (Å²) in [7, 11) is 0. The van der Waals surface area contributed by atoms with E-state index in [0.717, 1.165) is 40.0 Å². The highest BCUT2D eigenvalue weighted by Crippen LogP contribution is 2.31. The van der Waals surface area contributed by atoms with Gasteiger partial charge in [-0.05, 0) is 32.0 Å². The van der Waals surface area contributed by atoms with Crippen molar-refractivity contribution in [2.45, 2.75) is 33.9 Å². The molecule has 4 rings (SSSR count). The topological polar surface area (TPSA) is 106 Å². The van der Waals surface area contributed by atoms with Crippen LogP contribution in [0.15, 0.2) is 30.5 Å². The third-order valence-corrected chi connectivity index (χ3v) is 5.07. The zero-order valence-electron chi connectivity index (χ0n) is 16.2. The number of imidazole rings is 1. The Hall–Kier alpha value is -3.42. The van der Waals surface area contributed by atoms with E-state index in [-0.39, 0.29) is 5.91 Å². The summed E-state index contributed by atoms with van der Waals surface area (Å²) in [4.78, 5) is 23.0. The van der Waals surface area contributed by atoms with Gasteiger partial charge in [-0.2, -0.15) is 5.10 Å². The minimum absolute atomic E-state index is 0.0253. The molecule has 0 radical (unpaired) electrons. The lowest BCUT2D eigenvalue weighted by molar-refractivity contribution is -0.129. The first kappa shape index (κ1) is 18.0. The molecule has 0 saturated carbocycles. The van der Waals surface area contributed by atoms with Gasteiger partial charge in [-0.3, -0.25) is 9.89 Å². The van der Waals surface area contributed by atoms with Gasteiger partial charge in [0.1, 0.15) is 11.3 Å². The molecule has 144 valence electrons. The van der Waals surface area contributed by atoms with Gasteiger partial charge in [-0.1, -0.05) is 6.07 Å². The predicted octanol–water partition coefficient (Wildman–Crippen LogP) is 2.95. The first-order chi connectivity index (χ1) is 13.5. The van der Waals surface area contributed by atoms with Gasteiger partial charge in [-0.15, -0.1) is 0 Å². The number of nitrogen functional groups attached to an aromatic ring is 1. The Morgan fingerprint density at radius 1 is 1.25 bits per heavy atom. The van der Waals surface area contributed by atoms with E-state index in [1.807, 2.05) is 31.2 Å². The number of carbonyl (C=O) groups excluding carboxylic acids is 1. The Labute approximate surface area is 162 Å². The SMILES string of the molecule is CCN(Cc1nc2c(N)nc3cc(-c4ccn[nH]4)ccc3c2n1CC)C(C)=O. The van der Waals surface area contributed by atoms with E-state index in [9.17, 15) is 4.79 Å². The first-order valence-electron chi connectivity index (χ1n) is 9.37. The van der Waals surface area contributed by atoms with Crippen LogP contribution in [0.25, 0.3) is 33.2 Å². The molecule has 28 heavy (non-hydrogen) atoms. The van der Waals surface area contributed by atoms with E-state index in [1.54, 1.807) is 18.0 Å². The van der Waals surface area contributed by atoms with Gasteiger partial charge in [0, 0.05) is 37.2 Å². The maximum absolute atomic E-state index is 11.9. The minimum atomic E-state index is 0.0253. The van der Waals surface area contributed by atoms with Gasteiger partial charge in [0.25, 0.3) is 0 Å². The molecule has 0 saturated heterocycles. The molecule has 4 aromatic rings. The zero-order chi connectivity index (χ0) is 19.8. The number of rotatable bonds is 5. The van der Waals surface area contributed by atoms with E-state index < -0.39 is 0 Å². The Balaban J connectivity index is 1.92. The summed E-state index contributed by atoms with van der Waals surface area (Å²) in [5.41, 5.74) is 10.6. The number of nitrogens with zero attached hydrogens (tertiary/aromatic N) is 5. The van der Waals surface area contributed by atoms with Crippen molar-refractivity contribution in [3.05, 3.63) is 36.3 Å². The van der Waals surface area contributed by atoms with Crippen molar-refractivity contribution in [2.75, 3.05) is 12.3 Å². The molecule has 0 bridgehead atoms. The van der Waals surface area contributed by atoms with E-state index >= 15 is 0 Å². The number of hydrogen-bond donors (Lipinski definition) is 2. The van der Waals surface area contributed by atoms with Gasteiger partial charge in [-0.25, -0.2) is 9.97 Å². The molecule has 0 spiro atoms. The van der Waals surface area contributed by atoms with Gasteiger partial charge in [0.15, 0.2) is 5.82 Å². The molecule has 0 unspecified atom stereocenters. The number of pyridine rings is 1. The summed E-state index contributed by atoms with van der Waals surface area (Å²) in [6.07, 6.45) is 1.72. The van der Waals surface area contributed by atoms with Crippen LogP contribution in [0.2, 0.25) is 0 Å². The molecular formula is C20H23N7O. The predicted molar refractivity (Wildman–Crippen MR) is 109 cm³/mol. The summed E-state index contributed by atoms with van der Waals surface area (Å²) >= 11 is 0. The lowest BCUT2D eigenvalue weighted by Crippen LogP contribution is -2.29. The third-order valence-electron chi connectivity index (χ3n) is 5.07. The van der Waals surface area contributed by atoms with Crippen LogP contribution in [0.5, 0.6) is 0 Å². The smallest absolute Gasteiger partial charge is 0.219 e. The maximum atomic E-state index is 11.9. The van der Waals surface area contributed by atoms with Crippen LogP contribution in [0.3, 0.4) is 0 Å². The van der Waals surface area contributed by atoms with Crippen molar-refractivity contribution in [3.8, 4) is 11.3 Å². The number of benzene rings is 1. The third kappa shape index (κ3) is 2.87. The molecule has 0 aliphatic carbocycles. The van der Waals surface area contributed by atoms with Gasteiger partial charge in [0.05, 0.1) is 23.3 Å². The minimum Gasteiger partial charge on any atom is -0.382 e. The molecule has 1 aromatic carbocycles. The summed E-state index contributed by atoms with van der Waals surface area (Å²) in [6, 6.07) is 7.99. The second-order valence-corrected chi connectivity index (χ2v) is 6.70. The molecule has 8 nitrogen and oxygen atoms in total. The lowest BCUT2D eigenvalue weighted by Gasteiger charge is -2.19. The van der Waals surface area contributed by atoms with Crippen molar-refractivity contribution in [1.82, 2.24) is 29.6 Å². The monoisotopic (exact) mass is 377 g/mol. The van der Waals surface area contributed by atoms with Crippen LogP contribution in [0.4, 0.5) is 5.82 Å². The van der Waals surface area contributed by atoms with Crippen LogP contribution in [0.1, 0.15) is 26.6 Å². The van der Waals surface area contributed by atoms with E-state index in [1.165, 1.54) is 0 Å². The number of aryl methyl sites for hydroxylation is 1. The average Bonchev–Trinajstić information content (AvgIpc) is 3.33. The number of nitrogens with one attached hydrogen (secondary N) is 1. The van der Waals surface area contributed by atoms with Crippen LogP contribution in [-0.4, -0.2) is 42.1 Å². The summed E-state index contributed by atoms with van der Waals surface area (Å²) < 4.78 is 2.12. The van der Waals surface area contributed by atoms with Crippen LogP contribution >= 0.6 is 0 Å². The number of aromatic amines is 1. The highest BCUT2D eigenvalue weighted by Gasteiger charge is 2.19. The molecule has 8 heteroatoms. The second-order valence-electron chi connectivity index (χ2n) is 6.70. The van der Waals surface area contributed by atoms with Crippen molar-refractivity contribution in [2.24, 2.45) is 0 Å². The highest BCUT2D eigenvalue weighted by molar-refractivity contribution is 6.07.